The Kier molecular flexibility index (Phi) is 6.43. The van der Waals surface area contributed by atoms with Crippen molar-refractivity contribution >= 4 is 21.6 Å². The number of carbonyl (C=O) groups excluding carboxylic acids is 1. The Morgan fingerprint density at radius 2 is 2.10 bits per heavy atom. The van der Waals surface area contributed by atoms with Crippen molar-refractivity contribution < 1.29 is 22.7 Å². The molecule has 29 heavy (non-hydrogen) atoms. The van der Waals surface area contributed by atoms with Gasteiger partial charge in [0.05, 0.1) is 32.2 Å². The van der Waals surface area contributed by atoms with Gasteiger partial charge in [-0.2, -0.15) is 4.31 Å². The molecule has 1 aliphatic rings. The SMILES string of the molecule is CCn1cnc(S(=O)(=O)N2CCCC(C(=O)Nc3ccc(OC)cc3OC)C2)c1. The first-order valence-electron chi connectivity index (χ1n) is 9.43. The van der Waals surface area contributed by atoms with Crippen LogP contribution < -0.4 is 14.8 Å². The van der Waals surface area contributed by atoms with Crippen molar-refractivity contribution in [3.8, 4) is 11.5 Å². The summed E-state index contributed by atoms with van der Waals surface area (Å²) in [6.07, 6.45) is 4.23. The molecule has 0 saturated carbocycles. The van der Waals surface area contributed by atoms with Gasteiger partial charge in [0.2, 0.25) is 5.91 Å². The number of benzene rings is 1. The molecule has 0 spiro atoms. The molecule has 1 atom stereocenters. The van der Waals surface area contributed by atoms with Crippen LogP contribution in [0.25, 0.3) is 0 Å². The third kappa shape index (κ3) is 4.54. The fraction of sp³-hybridized carbons (Fsp3) is 0.474. The molecule has 0 bridgehead atoms. The number of nitrogens with zero attached hydrogens (tertiary/aromatic N) is 3. The van der Waals surface area contributed by atoms with E-state index in [9.17, 15) is 13.2 Å². The van der Waals surface area contributed by atoms with Crippen LogP contribution in [-0.4, -0.2) is 55.5 Å². The van der Waals surface area contributed by atoms with Gasteiger partial charge in [-0.25, -0.2) is 13.4 Å². The van der Waals surface area contributed by atoms with Crippen molar-refractivity contribution in [1.29, 1.82) is 0 Å². The van der Waals surface area contributed by atoms with E-state index in [0.717, 1.165) is 0 Å². The molecule has 3 rings (SSSR count). The second-order valence-electron chi connectivity index (χ2n) is 6.80. The number of aromatic nitrogens is 2. The summed E-state index contributed by atoms with van der Waals surface area (Å²) in [6, 6.07) is 5.10. The minimum atomic E-state index is -3.73. The zero-order valence-corrected chi connectivity index (χ0v) is 17.6. The van der Waals surface area contributed by atoms with Gasteiger partial charge in [-0.15, -0.1) is 0 Å². The molecule has 158 valence electrons. The lowest BCUT2D eigenvalue weighted by atomic mass is 9.98. The quantitative estimate of drug-likeness (QED) is 0.732. The number of sulfonamides is 1. The minimum absolute atomic E-state index is 0.0113. The van der Waals surface area contributed by atoms with Crippen molar-refractivity contribution in [1.82, 2.24) is 13.9 Å². The fourth-order valence-electron chi connectivity index (χ4n) is 3.29. The fourth-order valence-corrected chi connectivity index (χ4v) is 4.75. The molecule has 1 N–H and O–H groups in total. The highest BCUT2D eigenvalue weighted by Crippen LogP contribution is 2.30. The molecule has 0 radical (unpaired) electrons. The smallest absolute Gasteiger partial charge is 0.262 e. The monoisotopic (exact) mass is 422 g/mol. The number of rotatable bonds is 7. The highest BCUT2D eigenvalue weighted by atomic mass is 32.2. The number of methoxy groups -OCH3 is 2. The zero-order valence-electron chi connectivity index (χ0n) is 16.8. The summed E-state index contributed by atoms with van der Waals surface area (Å²) in [5.41, 5.74) is 0.514. The van der Waals surface area contributed by atoms with Gasteiger partial charge in [-0.1, -0.05) is 0 Å². The number of amides is 1. The highest BCUT2D eigenvalue weighted by Gasteiger charge is 2.34. The Balaban J connectivity index is 1.72. The van der Waals surface area contributed by atoms with Crippen molar-refractivity contribution in [3.63, 3.8) is 0 Å². The largest absolute Gasteiger partial charge is 0.497 e. The maximum atomic E-state index is 12.9. The van der Waals surface area contributed by atoms with Gasteiger partial charge in [-0.05, 0) is 31.9 Å². The second-order valence-corrected chi connectivity index (χ2v) is 8.68. The molecule has 2 aromatic rings. The van der Waals surface area contributed by atoms with Crippen LogP contribution in [0.2, 0.25) is 0 Å². The van der Waals surface area contributed by atoms with Crippen molar-refractivity contribution in [2.24, 2.45) is 5.92 Å². The molecule has 1 unspecified atom stereocenters. The predicted molar refractivity (Wildman–Crippen MR) is 108 cm³/mol. The van der Waals surface area contributed by atoms with Crippen LogP contribution in [0.3, 0.4) is 0 Å². The Hall–Kier alpha value is -2.59. The first-order chi connectivity index (χ1) is 13.9. The third-order valence-electron chi connectivity index (χ3n) is 5.00. The lowest BCUT2D eigenvalue weighted by Crippen LogP contribution is -2.43. The average molecular weight is 423 g/mol. The summed E-state index contributed by atoms with van der Waals surface area (Å²) < 4.78 is 39.3. The van der Waals surface area contributed by atoms with Crippen LogP contribution in [0, 0.1) is 5.92 Å². The Labute approximate surface area is 170 Å². The van der Waals surface area contributed by atoms with E-state index in [0.29, 0.717) is 43.1 Å². The van der Waals surface area contributed by atoms with E-state index in [4.69, 9.17) is 9.47 Å². The number of piperidine rings is 1. The van der Waals surface area contributed by atoms with E-state index in [1.165, 1.54) is 23.9 Å². The van der Waals surface area contributed by atoms with Crippen molar-refractivity contribution in [3.05, 3.63) is 30.7 Å². The van der Waals surface area contributed by atoms with Crippen molar-refractivity contribution in [2.75, 3.05) is 32.6 Å². The Morgan fingerprint density at radius 3 is 2.76 bits per heavy atom. The number of imidazole rings is 1. The van der Waals surface area contributed by atoms with E-state index in [2.05, 4.69) is 10.3 Å². The average Bonchev–Trinajstić information content (AvgIpc) is 3.24. The number of ether oxygens (including phenoxy) is 2. The minimum Gasteiger partial charge on any atom is -0.497 e. The zero-order chi connectivity index (χ0) is 21.0. The second kappa shape index (κ2) is 8.83. The maximum Gasteiger partial charge on any atom is 0.262 e. The van der Waals surface area contributed by atoms with Gasteiger partial charge in [0, 0.05) is 31.9 Å². The highest BCUT2D eigenvalue weighted by molar-refractivity contribution is 7.89. The van der Waals surface area contributed by atoms with E-state index < -0.39 is 15.9 Å². The summed E-state index contributed by atoms with van der Waals surface area (Å²) in [5, 5.41) is 2.86. The molecule has 1 saturated heterocycles. The van der Waals surface area contributed by atoms with Crippen LogP contribution in [0.15, 0.2) is 35.7 Å². The molecular weight excluding hydrogens is 396 g/mol. The van der Waals surface area contributed by atoms with Gasteiger partial charge in [-0.3, -0.25) is 4.79 Å². The standard InChI is InChI=1S/C19H26N4O5S/c1-4-22-12-18(20-13-22)29(25,26)23-9-5-6-14(11-23)19(24)21-16-8-7-15(27-2)10-17(16)28-3/h7-8,10,12-14H,4-6,9,11H2,1-3H3,(H,21,24). The summed E-state index contributed by atoms with van der Waals surface area (Å²) in [6.45, 7) is 3.03. The molecule has 1 fully saturated rings. The van der Waals surface area contributed by atoms with Gasteiger partial charge in [0.25, 0.3) is 10.0 Å². The topological polar surface area (TPSA) is 103 Å². The lowest BCUT2D eigenvalue weighted by Gasteiger charge is -2.30. The first kappa shape index (κ1) is 21.1. The first-order valence-corrected chi connectivity index (χ1v) is 10.9. The Bertz CT molecular complexity index is 973. The number of aryl methyl sites for hydroxylation is 1. The molecular formula is C19H26N4O5S. The molecule has 1 amide bonds. The molecule has 0 aliphatic carbocycles. The number of nitrogens with one attached hydrogen (secondary N) is 1. The molecule has 1 aliphatic heterocycles. The number of hydrogen-bond donors (Lipinski definition) is 1. The van der Waals surface area contributed by atoms with Crippen molar-refractivity contribution in [2.45, 2.75) is 31.3 Å². The predicted octanol–water partition coefficient (Wildman–Crippen LogP) is 1.96. The van der Waals surface area contributed by atoms with Crippen LogP contribution in [-0.2, 0) is 21.4 Å². The van der Waals surface area contributed by atoms with Gasteiger partial charge in [0.15, 0.2) is 5.03 Å². The van der Waals surface area contributed by atoms with Gasteiger partial charge in [0.1, 0.15) is 11.5 Å². The number of carbonyl (C=O) groups is 1. The van der Waals surface area contributed by atoms with E-state index in [-0.39, 0.29) is 17.5 Å². The maximum absolute atomic E-state index is 12.9. The summed E-state index contributed by atoms with van der Waals surface area (Å²) in [7, 11) is -0.674. The molecule has 9 nitrogen and oxygen atoms in total. The van der Waals surface area contributed by atoms with Crippen LogP contribution in [0.4, 0.5) is 5.69 Å². The van der Waals surface area contributed by atoms with Crippen LogP contribution >= 0.6 is 0 Å². The lowest BCUT2D eigenvalue weighted by molar-refractivity contribution is -0.120. The normalized spacial score (nSPS) is 17.7. The Morgan fingerprint density at radius 1 is 1.31 bits per heavy atom. The van der Waals surface area contributed by atoms with E-state index >= 15 is 0 Å². The van der Waals surface area contributed by atoms with E-state index in [1.807, 2.05) is 6.92 Å². The summed E-state index contributed by atoms with van der Waals surface area (Å²) in [4.78, 5) is 16.8. The number of hydrogen-bond acceptors (Lipinski definition) is 6. The van der Waals surface area contributed by atoms with Gasteiger partial charge >= 0.3 is 0 Å². The summed E-state index contributed by atoms with van der Waals surface area (Å²) in [5.74, 6) is 0.385. The molecule has 2 heterocycles. The third-order valence-corrected chi connectivity index (χ3v) is 6.75. The molecule has 1 aromatic heterocycles. The van der Waals surface area contributed by atoms with Crippen LogP contribution in [0.1, 0.15) is 19.8 Å². The van der Waals surface area contributed by atoms with Gasteiger partial charge < -0.3 is 19.4 Å². The molecule has 10 heteroatoms. The number of anilines is 1. The van der Waals surface area contributed by atoms with E-state index in [1.54, 1.807) is 29.9 Å². The molecule has 1 aromatic carbocycles. The van der Waals surface area contributed by atoms with Crippen LogP contribution in [0.5, 0.6) is 11.5 Å². The summed E-state index contributed by atoms with van der Waals surface area (Å²) >= 11 is 0.